The maximum Gasteiger partial charge on any atom is 0.403 e. The Balaban J connectivity index is 1.83. The van der Waals surface area contributed by atoms with Gasteiger partial charge in [-0.15, -0.1) is 0 Å². The molecule has 124 valence electrons. The minimum Gasteiger partial charge on any atom is -0.343 e. The first-order valence-electron chi connectivity index (χ1n) is 7.20. The SMILES string of the molecule is COS(=O)(=O)OC[n+]1ccn(C(C)CCN2CCCC2=O)c1. The molecule has 8 nitrogen and oxygen atoms in total. The second-order valence-corrected chi connectivity index (χ2v) is 6.70. The van der Waals surface area contributed by atoms with Crippen LogP contribution in [-0.2, 0) is 30.3 Å². The van der Waals surface area contributed by atoms with E-state index in [1.165, 1.54) is 0 Å². The van der Waals surface area contributed by atoms with Crippen molar-refractivity contribution in [2.45, 2.75) is 39.0 Å². The molecule has 1 atom stereocenters. The number of hydrogen-bond acceptors (Lipinski definition) is 5. The zero-order chi connectivity index (χ0) is 16.2. The zero-order valence-corrected chi connectivity index (χ0v) is 13.7. The van der Waals surface area contributed by atoms with Crippen molar-refractivity contribution in [3.63, 3.8) is 0 Å². The molecule has 1 aromatic heterocycles. The van der Waals surface area contributed by atoms with Crippen molar-refractivity contribution in [3.8, 4) is 0 Å². The van der Waals surface area contributed by atoms with Crippen LogP contribution in [0.25, 0.3) is 0 Å². The smallest absolute Gasteiger partial charge is 0.343 e. The molecule has 0 aliphatic carbocycles. The third-order valence-electron chi connectivity index (χ3n) is 3.76. The van der Waals surface area contributed by atoms with Gasteiger partial charge in [-0.3, -0.25) is 8.98 Å². The third-order valence-corrected chi connectivity index (χ3v) is 4.56. The molecule has 1 aromatic rings. The van der Waals surface area contributed by atoms with Gasteiger partial charge in [0, 0.05) is 25.9 Å². The fourth-order valence-electron chi connectivity index (χ4n) is 2.35. The molecule has 2 heterocycles. The molecule has 0 aromatic carbocycles. The van der Waals surface area contributed by atoms with Gasteiger partial charge in [0.05, 0.1) is 13.2 Å². The summed E-state index contributed by atoms with van der Waals surface area (Å²) >= 11 is 0. The zero-order valence-electron chi connectivity index (χ0n) is 12.8. The third kappa shape index (κ3) is 4.52. The van der Waals surface area contributed by atoms with Gasteiger partial charge in [0.1, 0.15) is 12.4 Å². The summed E-state index contributed by atoms with van der Waals surface area (Å²) in [4.78, 5) is 13.5. The number of hydrogen-bond donors (Lipinski definition) is 0. The van der Waals surface area contributed by atoms with E-state index < -0.39 is 10.4 Å². The highest BCUT2D eigenvalue weighted by molar-refractivity contribution is 7.81. The normalized spacial score (nSPS) is 17.2. The molecule has 1 aliphatic heterocycles. The van der Waals surface area contributed by atoms with Crippen LogP contribution in [0.15, 0.2) is 18.7 Å². The Hall–Kier alpha value is -1.45. The first kappa shape index (κ1) is 16.9. The van der Waals surface area contributed by atoms with Crippen molar-refractivity contribution in [1.29, 1.82) is 0 Å². The van der Waals surface area contributed by atoms with Gasteiger partial charge in [-0.1, -0.05) is 0 Å². The molecule has 0 saturated carbocycles. The Morgan fingerprint density at radius 3 is 2.86 bits per heavy atom. The van der Waals surface area contributed by atoms with Crippen molar-refractivity contribution in [2.24, 2.45) is 0 Å². The Bertz CT molecular complexity index is 613. The number of imidazole rings is 1. The quantitative estimate of drug-likeness (QED) is 0.636. The van der Waals surface area contributed by atoms with Crippen molar-refractivity contribution in [2.75, 3.05) is 20.2 Å². The van der Waals surface area contributed by atoms with Gasteiger partial charge in [0.25, 0.3) is 0 Å². The predicted octanol–water partition coefficient (Wildman–Crippen LogP) is 0.214. The van der Waals surface area contributed by atoms with E-state index in [4.69, 9.17) is 0 Å². The second kappa shape index (κ2) is 7.21. The summed E-state index contributed by atoms with van der Waals surface area (Å²) in [7, 11) is -2.88. The molecule has 0 N–H and O–H groups in total. The Kier molecular flexibility index (Phi) is 5.54. The molecule has 1 aliphatic rings. The molecule has 1 unspecified atom stereocenters. The number of likely N-dealkylation sites (tertiary alicyclic amines) is 1. The largest absolute Gasteiger partial charge is 0.403 e. The van der Waals surface area contributed by atoms with Gasteiger partial charge in [-0.05, 0) is 13.3 Å². The van der Waals surface area contributed by atoms with Crippen molar-refractivity contribution in [1.82, 2.24) is 9.47 Å². The Morgan fingerprint density at radius 1 is 1.45 bits per heavy atom. The van der Waals surface area contributed by atoms with Gasteiger partial charge >= 0.3 is 10.4 Å². The second-order valence-electron chi connectivity index (χ2n) is 5.32. The highest BCUT2D eigenvalue weighted by Crippen LogP contribution is 2.15. The van der Waals surface area contributed by atoms with E-state index in [1.807, 2.05) is 15.7 Å². The number of rotatable bonds is 8. The van der Waals surface area contributed by atoms with Crippen LogP contribution < -0.4 is 4.57 Å². The molecule has 2 rings (SSSR count). The molecule has 1 amide bonds. The van der Waals surface area contributed by atoms with Crippen molar-refractivity contribution >= 4 is 16.3 Å². The van der Waals surface area contributed by atoms with E-state index in [-0.39, 0.29) is 18.7 Å². The van der Waals surface area contributed by atoms with Gasteiger partial charge in [-0.25, -0.2) is 13.3 Å². The minimum atomic E-state index is -3.93. The standard InChI is InChI=1S/C13H22N3O5S/c1-12(5-7-15-6-3-4-13(15)17)16-9-8-14(10-16)11-21-22(18,19)20-2/h8-10,12H,3-7,11H2,1-2H3/q+1. The predicted molar refractivity (Wildman–Crippen MR) is 76.8 cm³/mol. The van der Waals surface area contributed by atoms with Crippen LogP contribution in [0.4, 0.5) is 0 Å². The van der Waals surface area contributed by atoms with Crippen molar-refractivity contribution in [3.05, 3.63) is 18.7 Å². The van der Waals surface area contributed by atoms with E-state index in [1.54, 1.807) is 17.1 Å². The molecule has 1 fully saturated rings. The van der Waals surface area contributed by atoms with E-state index in [0.717, 1.165) is 33.0 Å². The molecule has 0 spiro atoms. The monoisotopic (exact) mass is 332 g/mol. The Morgan fingerprint density at radius 2 is 2.23 bits per heavy atom. The fraction of sp³-hybridized carbons (Fsp3) is 0.692. The first-order valence-corrected chi connectivity index (χ1v) is 8.54. The Labute approximate surface area is 130 Å². The first-order chi connectivity index (χ1) is 10.4. The van der Waals surface area contributed by atoms with E-state index in [2.05, 4.69) is 15.3 Å². The average molecular weight is 332 g/mol. The molecule has 1 saturated heterocycles. The lowest BCUT2D eigenvalue weighted by Gasteiger charge is -2.17. The van der Waals surface area contributed by atoms with Crippen molar-refractivity contribution < 1.29 is 26.1 Å². The fourth-order valence-corrected chi connectivity index (χ4v) is 2.70. The number of amides is 1. The summed E-state index contributed by atoms with van der Waals surface area (Å²) in [6, 6.07) is 0.202. The van der Waals surface area contributed by atoms with Crippen LogP contribution in [0.3, 0.4) is 0 Å². The van der Waals surface area contributed by atoms with E-state index in [0.29, 0.717) is 6.42 Å². The highest BCUT2D eigenvalue weighted by Gasteiger charge is 2.21. The number of carbonyl (C=O) groups excluding carboxylic acids is 1. The lowest BCUT2D eigenvalue weighted by molar-refractivity contribution is -0.724. The topological polar surface area (TPSA) is 81.7 Å². The van der Waals surface area contributed by atoms with Crippen LogP contribution in [-0.4, -0.2) is 44.0 Å². The van der Waals surface area contributed by atoms with Gasteiger partial charge in [0.15, 0.2) is 0 Å². The van der Waals surface area contributed by atoms with E-state index in [9.17, 15) is 13.2 Å². The minimum absolute atomic E-state index is 0.138. The molecule has 0 radical (unpaired) electrons. The number of aromatic nitrogens is 2. The van der Waals surface area contributed by atoms with Gasteiger partial charge in [0.2, 0.25) is 19.0 Å². The average Bonchev–Trinajstić information content (AvgIpc) is 3.12. The summed E-state index contributed by atoms with van der Waals surface area (Å²) in [6.45, 7) is 3.50. The summed E-state index contributed by atoms with van der Waals surface area (Å²) in [5, 5.41) is 0. The molecular formula is C13H22N3O5S+. The summed E-state index contributed by atoms with van der Waals surface area (Å²) in [5.41, 5.74) is 0. The lowest BCUT2D eigenvalue weighted by Crippen LogP contribution is -2.34. The molecular weight excluding hydrogens is 310 g/mol. The highest BCUT2D eigenvalue weighted by atomic mass is 32.3. The van der Waals surface area contributed by atoms with Crippen LogP contribution in [0.5, 0.6) is 0 Å². The maximum absolute atomic E-state index is 11.6. The summed E-state index contributed by atoms with van der Waals surface area (Å²) in [5.74, 6) is 0.230. The van der Waals surface area contributed by atoms with Crippen LogP contribution >= 0.6 is 0 Å². The van der Waals surface area contributed by atoms with Crippen LogP contribution in [0.2, 0.25) is 0 Å². The molecule has 9 heteroatoms. The summed E-state index contributed by atoms with van der Waals surface area (Å²) < 4.78 is 34.6. The van der Waals surface area contributed by atoms with Gasteiger partial charge in [-0.2, -0.15) is 8.42 Å². The molecule has 22 heavy (non-hydrogen) atoms. The lowest BCUT2D eigenvalue weighted by atomic mass is 10.2. The number of carbonyl (C=O) groups is 1. The number of nitrogens with zero attached hydrogens (tertiary/aromatic N) is 3. The van der Waals surface area contributed by atoms with E-state index >= 15 is 0 Å². The summed E-state index contributed by atoms with van der Waals surface area (Å²) in [6.07, 6.45) is 7.78. The maximum atomic E-state index is 11.6. The van der Waals surface area contributed by atoms with Crippen LogP contribution in [0, 0.1) is 0 Å². The van der Waals surface area contributed by atoms with Gasteiger partial charge < -0.3 is 4.90 Å². The van der Waals surface area contributed by atoms with Crippen LogP contribution in [0.1, 0.15) is 32.2 Å². The molecule has 0 bridgehead atoms.